The molecule has 0 saturated heterocycles. The lowest BCUT2D eigenvalue weighted by Crippen LogP contribution is -2.27. The van der Waals surface area contributed by atoms with E-state index in [1.165, 1.54) is 37.7 Å². The van der Waals surface area contributed by atoms with Gasteiger partial charge in [-0.3, -0.25) is 0 Å². The Bertz CT molecular complexity index is 1500. The van der Waals surface area contributed by atoms with Gasteiger partial charge in [-0.25, -0.2) is 0 Å². The predicted molar refractivity (Wildman–Crippen MR) is 182 cm³/mol. The number of aryl methyl sites for hydroxylation is 1. The molecule has 4 aromatic carbocycles. The Morgan fingerprint density at radius 2 is 1.00 bits per heavy atom. The number of halogens is 3. The van der Waals surface area contributed by atoms with Crippen LogP contribution in [0.1, 0.15) is 57.9 Å². The van der Waals surface area contributed by atoms with Gasteiger partial charge < -0.3 is 15.8 Å². The van der Waals surface area contributed by atoms with Gasteiger partial charge in [0.2, 0.25) is 0 Å². The van der Waals surface area contributed by atoms with Gasteiger partial charge in [-0.1, -0.05) is 44.7 Å². The van der Waals surface area contributed by atoms with Gasteiger partial charge in [-0.15, -0.1) is 0 Å². The van der Waals surface area contributed by atoms with Crippen molar-refractivity contribution >= 4 is 39.8 Å². The number of unbranched alkanes of at least 4 members (excludes halogenated alkanes) is 4. The van der Waals surface area contributed by atoms with Crippen molar-refractivity contribution in [2.75, 3.05) is 28.8 Å². The first-order valence-electron chi connectivity index (χ1n) is 15.9. The van der Waals surface area contributed by atoms with E-state index in [1.807, 2.05) is 79.7 Å². The highest BCUT2D eigenvalue weighted by atomic mass is 19.4. The standard InChI is InChI=1S/C36H42F3N7/c1-3-5-6-7-8-9-28-10-12-29(13-11-28)40-41-30-14-16-31(17-15-30)42-43-32-18-20-33(21-19-32)44-45-34-22-24-35(25-23-34)46(4-2)27-26-36(37,38)39/h10-25,44-45H,3-9,26-27H2,1-2H3. The summed E-state index contributed by atoms with van der Waals surface area (Å²) in [5, 5.41) is 17.3. The highest BCUT2D eigenvalue weighted by Crippen LogP contribution is 2.26. The van der Waals surface area contributed by atoms with E-state index in [2.05, 4.69) is 50.4 Å². The van der Waals surface area contributed by atoms with E-state index in [1.54, 1.807) is 17.0 Å². The van der Waals surface area contributed by atoms with Crippen LogP contribution in [0.2, 0.25) is 0 Å². The zero-order valence-corrected chi connectivity index (χ0v) is 26.5. The van der Waals surface area contributed by atoms with Crippen LogP contribution in [0.4, 0.5) is 53.0 Å². The van der Waals surface area contributed by atoms with Gasteiger partial charge in [0.15, 0.2) is 0 Å². The van der Waals surface area contributed by atoms with Crippen LogP contribution in [0.25, 0.3) is 0 Å². The van der Waals surface area contributed by atoms with Crippen LogP contribution in [0.15, 0.2) is 118 Å². The molecule has 7 nitrogen and oxygen atoms in total. The minimum Gasteiger partial charge on any atom is -0.371 e. The second-order valence-corrected chi connectivity index (χ2v) is 11.0. The number of nitrogens with zero attached hydrogens (tertiary/aromatic N) is 5. The van der Waals surface area contributed by atoms with Crippen LogP contribution in [0, 0.1) is 0 Å². The molecule has 46 heavy (non-hydrogen) atoms. The molecule has 0 radical (unpaired) electrons. The van der Waals surface area contributed by atoms with Crippen molar-refractivity contribution in [1.82, 2.24) is 0 Å². The van der Waals surface area contributed by atoms with Crippen molar-refractivity contribution in [3.05, 3.63) is 103 Å². The third-order valence-corrected chi connectivity index (χ3v) is 7.41. The Hall–Kier alpha value is -4.73. The summed E-state index contributed by atoms with van der Waals surface area (Å²) in [5.74, 6) is 0. The molecule has 0 saturated carbocycles. The summed E-state index contributed by atoms with van der Waals surface area (Å²) >= 11 is 0. The monoisotopic (exact) mass is 629 g/mol. The van der Waals surface area contributed by atoms with E-state index in [4.69, 9.17) is 0 Å². The number of benzene rings is 4. The molecule has 10 heteroatoms. The lowest BCUT2D eigenvalue weighted by Gasteiger charge is -2.24. The molecule has 0 aliphatic carbocycles. The average Bonchev–Trinajstić information content (AvgIpc) is 3.07. The first-order chi connectivity index (χ1) is 22.3. The Morgan fingerprint density at radius 3 is 1.46 bits per heavy atom. The molecule has 0 amide bonds. The van der Waals surface area contributed by atoms with Gasteiger partial charge >= 0.3 is 6.18 Å². The van der Waals surface area contributed by atoms with Crippen molar-refractivity contribution in [3.8, 4) is 0 Å². The number of hydrazine groups is 1. The third-order valence-electron chi connectivity index (χ3n) is 7.41. The van der Waals surface area contributed by atoms with Gasteiger partial charge in [0.25, 0.3) is 0 Å². The largest absolute Gasteiger partial charge is 0.390 e. The minimum absolute atomic E-state index is 0.0686. The summed E-state index contributed by atoms with van der Waals surface area (Å²) in [6.07, 6.45) is 2.50. The smallest absolute Gasteiger partial charge is 0.371 e. The second-order valence-electron chi connectivity index (χ2n) is 11.0. The summed E-state index contributed by atoms with van der Waals surface area (Å²) in [4.78, 5) is 1.70. The number of hydrogen-bond acceptors (Lipinski definition) is 7. The molecular weight excluding hydrogens is 587 g/mol. The highest BCUT2D eigenvalue weighted by molar-refractivity contribution is 5.59. The third kappa shape index (κ3) is 12.0. The number of nitrogens with one attached hydrogen (secondary N) is 2. The van der Waals surface area contributed by atoms with Gasteiger partial charge in [0, 0.05) is 18.8 Å². The molecule has 4 aromatic rings. The molecule has 0 aliphatic heterocycles. The Kier molecular flexibility index (Phi) is 13.1. The Balaban J connectivity index is 1.21. The van der Waals surface area contributed by atoms with E-state index in [9.17, 15) is 13.2 Å². The van der Waals surface area contributed by atoms with E-state index in [0.717, 1.165) is 34.9 Å². The topological polar surface area (TPSA) is 76.7 Å². The number of alkyl halides is 3. The van der Waals surface area contributed by atoms with Crippen LogP contribution in [-0.4, -0.2) is 19.3 Å². The normalized spacial score (nSPS) is 11.8. The molecule has 2 N–H and O–H groups in total. The molecule has 0 aromatic heterocycles. The molecule has 0 heterocycles. The van der Waals surface area contributed by atoms with E-state index in [0.29, 0.717) is 17.9 Å². The van der Waals surface area contributed by atoms with Crippen LogP contribution in [0.5, 0.6) is 0 Å². The number of rotatable bonds is 17. The first-order valence-corrected chi connectivity index (χ1v) is 15.9. The fraction of sp³-hybridized carbons (Fsp3) is 0.333. The zero-order chi connectivity index (χ0) is 32.6. The van der Waals surface area contributed by atoms with E-state index >= 15 is 0 Å². The fourth-order valence-corrected chi connectivity index (χ4v) is 4.72. The zero-order valence-electron chi connectivity index (χ0n) is 26.5. The van der Waals surface area contributed by atoms with Crippen LogP contribution in [-0.2, 0) is 6.42 Å². The molecule has 0 atom stereocenters. The molecular formula is C36H42F3N7. The van der Waals surface area contributed by atoms with Gasteiger partial charge in [0.05, 0.1) is 40.5 Å². The first kappa shape index (κ1) is 34.1. The average molecular weight is 630 g/mol. The SMILES string of the molecule is CCCCCCCc1ccc(N=Nc2ccc(N=Nc3ccc(NNc4ccc(N(CC)CCC(F)(F)F)cc4)cc3)cc2)cc1. The molecule has 4 rings (SSSR count). The molecule has 0 aliphatic rings. The lowest BCUT2D eigenvalue weighted by atomic mass is 10.1. The van der Waals surface area contributed by atoms with Gasteiger partial charge in [-0.05, 0) is 110 Å². The number of anilines is 3. The summed E-state index contributed by atoms with van der Waals surface area (Å²) < 4.78 is 37.8. The van der Waals surface area contributed by atoms with Crippen LogP contribution in [0.3, 0.4) is 0 Å². The summed E-state index contributed by atoms with van der Waals surface area (Å²) in [7, 11) is 0. The van der Waals surface area contributed by atoms with Crippen LogP contribution < -0.4 is 15.8 Å². The van der Waals surface area contributed by atoms with Crippen molar-refractivity contribution in [2.45, 2.75) is 65.0 Å². The summed E-state index contributed by atoms with van der Waals surface area (Å²) in [6.45, 7) is 4.51. The van der Waals surface area contributed by atoms with Crippen LogP contribution >= 0.6 is 0 Å². The van der Waals surface area contributed by atoms with Crippen molar-refractivity contribution < 1.29 is 13.2 Å². The Morgan fingerprint density at radius 1 is 0.565 bits per heavy atom. The fourth-order valence-electron chi connectivity index (χ4n) is 4.72. The minimum atomic E-state index is -4.17. The molecule has 0 unspecified atom stereocenters. The van der Waals surface area contributed by atoms with Crippen molar-refractivity contribution in [3.63, 3.8) is 0 Å². The number of hydrogen-bond donors (Lipinski definition) is 2. The molecule has 0 spiro atoms. The summed E-state index contributed by atoms with van der Waals surface area (Å²) in [5.41, 5.74) is 12.9. The number of azo groups is 2. The van der Waals surface area contributed by atoms with E-state index < -0.39 is 12.6 Å². The maximum atomic E-state index is 12.6. The highest BCUT2D eigenvalue weighted by Gasteiger charge is 2.27. The maximum absolute atomic E-state index is 12.6. The second kappa shape index (κ2) is 17.7. The Labute approximate surface area is 269 Å². The quantitative estimate of drug-likeness (QED) is 0.0693. The van der Waals surface area contributed by atoms with Gasteiger partial charge in [-0.2, -0.15) is 33.6 Å². The van der Waals surface area contributed by atoms with Crippen molar-refractivity contribution in [2.24, 2.45) is 20.5 Å². The predicted octanol–water partition coefficient (Wildman–Crippen LogP) is 12.2. The molecule has 0 bridgehead atoms. The molecule has 242 valence electrons. The maximum Gasteiger partial charge on any atom is 0.390 e. The van der Waals surface area contributed by atoms with Gasteiger partial charge in [0.1, 0.15) is 0 Å². The van der Waals surface area contributed by atoms with Crippen molar-refractivity contribution in [1.29, 1.82) is 0 Å². The van der Waals surface area contributed by atoms with E-state index in [-0.39, 0.29) is 6.54 Å². The summed E-state index contributed by atoms with van der Waals surface area (Å²) in [6, 6.07) is 30.4. The molecule has 0 fully saturated rings. The lowest BCUT2D eigenvalue weighted by molar-refractivity contribution is -0.132.